The molecule has 2 atom stereocenters. The first-order valence-electron chi connectivity index (χ1n) is 10.8. The van der Waals surface area contributed by atoms with Crippen molar-refractivity contribution in [2.75, 3.05) is 0 Å². The zero-order valence-corrected chi connectivity index (χ0v) is 17.9. The minimum absolute atomic E-state index is 0.131. The van der Waals surface area contributed by atoms with Crippen molar-refractivity contribution in [3.63, 3.8) is 0 Å². The average Bonchev–Trinajstić information content (AvgIpc) is 3.55. The van der Waals surface area contributed by atoms with E-state index in [9.17, 15) is 0 Å². The Balaban J connectivity index is 1.59. The predicted octanol–water partition coefficient (Wildman–Crippen LogP) is 6.65. The van der Waals surface area contributed by atoms with E-state index in [-0.39, 0.29) is 11.8 Å². The summed E-state index contributed by atoms with van der Waals surface area (Å²) in [7, 11) is 0. The molecule has 5 rings (SSSR count). The number of aromatic nitrogens is 3. The molecule has 0 radical (unpaired) electrons. The van der Waals surface area contributed by atoms with Crippen molar-refractivity contribution in [2.45, 2.75) is 25.7 Å². The molecule has 5 aromatic rings. The highest BCUT2D eigenvalue weighted by Gasteiger charge is 2.23. The maximum atomic E-state index is 3.60. The molecule has 0 spiro atoms. The van der Waals surface area contributed by atoms with Crippen molar-refractivity contribution in [1.82, 2.24) is 15.0 Å². The van der Waals surface area contributed by atoms with Gasteiger partial charge >= 0.3 is 0 Å². The van der Waals surface area contributed by atoms with Gasteiger partial charge in [-0.25, -0.2) is 0 Å². The third-order valence-electron chi connectivity index (χ3n) is 6.06. The zero-order chi connectivity index (χ0) is 21.2. The molecule has 3 N–H and O–H groups in total. The Kier molecular flexibility index (Phi) is 5.09. The van der Waals surface area contributed by atoms with Crippen molar-refractivity contribution < 1.29 is 0 Å². The highest BCUT2D eigenvalue weighted by Crippen LogP contribution is 2.36. The van der Waals surface area contributed by atoms with E-state index in [1.807, 2.05) is 12.4 Å². The van der Waals surface area contributed by atoms with Crippen molar-refractivity contribution in [1.29, 1.82) is 0 Å². The predicted molar refractivity (Wildman–Crippen MR) is 127 cm³/mol. The number of aryl methyl sites for hydroxylation is 2. The van der Waals surface area contributed by atoms with Gasteiger partial charge in [0.05, 0.1) is 11.8 Å². The first-order chi connectivity index (χ1) is 15.2. The van der Waals surface area contributed by atoms with Crippen LogP contribution in [0.4, 0.5) is 0 Å². The lowest BCUT2D eigenvalue weighted by Gasteiger charge is -2.17. The van der Waals surface area contributed by atoms with Gasteiger partial charge in [-0.1, -0.05) is 59.7 Å². The minimum atomic E-state index is 0.131. The highest BCUT2D eigenvalue weighted by molar-refractivity contribution is 5.45. The van der Waals surface area contributed by atoms with Gasteiger partial charge in [0.25, 0.3) is 0 Å². The summed E-state index contributed by atoms with van der Waals surface area (Å²) >= 11 is 0. The molecule has 31 heavy (non-hydrogen) atoms. The second-order valence-corrected chi connectivity index (χ2v) is 8.33. The highest BCUT2D eigenvalue weighted by atomic mass is 14.8. The van der Waals surface area contributed by atoms with Crippen LogP contribution in [-0.4, -0.2) is 15.0 Å². The Labute approximate surface area is 183 Å². The van der Waals surface area contributed by atoms with Gasteiger partial charge in [-0.3, -0.25) is 0 Å². The Hall–Kier alpha value is -3.72. The molecule has 3 nitrogen and oxygen atoms in total. The fourth-order valence-corrected chi connectivity index (χ4v) is 4.41. The zero-order valence-electron chi connectivity index (χ0n) is 17.9. The fraction of sp³-hybridized carbons (Fsp3) is 0.143. The number of nitrogens with one attached hydrogen (secondary N) is 3. The van der Waals surface area contributed by atoms with E-state index in [1.165, 1.54) is 44.9 Å². The summed E-state index contributed by atoms with van der Waals surface area (Å²) in [4.78, 5) is 10.5. The Bertz CT molecular complexity index is 1130. The normalized spacial score (nSPS) is 13.2. The molecule has 0 aliphatic rings. The van der Waals surface area contributed by atoms with Gasteiger partial charge in [-0.15, -0.1) is 0 Å². The van der Waals surface area contributed by atoms with Crippen molar-refractivity contribution in [3.8, 4) is 0 Å². The maximum Gasteiger partial charge on any atom is 0.0641 e. The molecule has 3 aromatic heterocycles. The van der Waals surface area contributed by atoms with Gasteiger partial charge in [0.2, 0.25) is 0 Å². The maximum absolute atomic E-state index is 3.60. The lowest BCUT2D eigenvalue weighted by Crippen LogP contribution is -2.05. The molecule has 2 unspecified atom stereocenters. The van der Waals surface area contributed by atoms with Gasteiger partial charge in [0.1, 0.15) is 0 Å². The van der Waals surface area contributed by atoms with E-state index >= 15 is 0 Å². The lowest BCUT2D eigenvalue weighted by molar-refractivity contribution is 0.896. The average molecular weight is 406 g/mol. The van der Waals surface area contributed by atoms with E-state index in [2.05, 4.69) is 114 Å². The van der Waals surface area contributed by atoms with E-state index in [1.54, 1.807) is 0 Å². The monoisotopic (exact) mass is 405 g/mol. The largest absolute Gasteiger partial charge is 0.364 e. The fourth-order valence-electron chi connectivity index (χ4n) is 4.41. The summed E-state index contributed by atoms with van der Waals surface area (Å²) in [5.74, 6) is 0.287. The van der Waals surface area contributed by atoms with Crippen molar-refractivity contribution >= 4 is 0 Å². The number of hydrogen-bond donors (Lipinski definition) is 3. The number of aromatic amines is 3. The molecule has 154 valence electrons. The second-order valence-electron chi connectivity index (χ2n) is 8.33. The standard InChI is InChI=1S/C28H27N3/c1-19-7-11-21(12-8-19)27(24-5-3-15-29-24)23-17-26(31-18-23)28(25-6-4-16-30-25)22-13-9-20(2)10-14-22/h3-18,27-31H,1-2H3. The summed E-state index contributed by atoms with van der Waals surface area (Å²) in [6, 6.07) is 28.4. The third kappa shape index (κ3) is 3.87. The van der Waals surface area contributed by atoms with Gasteiger partial charge in [0, 0.05) is 35.7 Å². The molecule has 3 heteroatoms. The van der Waals surface area contributed by atoms with Gasteiger partial charge < -0.3 is 15.0 Å². The molecule has 0 bridgehead atoms. The summed E-state index contributed by atoms with van der Waals surface area (Å²) in [6.45, 7) is 4.26. The summed E-state index contributed by atoms with van der Waals surface area (Å²) < 4.78 is 0. The van der Waals surface area contributed by atoms with Crippen LogP contribution in [0.2, 0.25) is 0 Å². The lowest BCUT2D eigenvalue weighted by atomic mass is 9.87. The molecule has 0 aliphatic heterocycles. The second kappa shape index (κ2) is 8.19. The van der Waals surface area contributed by atoms with Crippen LogP contribution in [0.5, 0.6) is 0 Å². The van der Waals surface area contributed by atoms with Crippen LogP contribution in [0.1, 0.15) is 56.7 Å². The van der Waals surface area contributed by atoms with Crippen LogP contribution in [0, 0.1) is 13.8 Å². The SMILES string of the molecule is Cc1ccc(C(c2c[nH]c(C(c3ccc(C)cc3)c3ccc[nH]3)c2)c2ccc[nH]2)cc1. The Morgan fingerprint density at radius 1 is 0.516 bits per heavy atom. The van der Waals surface area contributed by atoms with Gasteiger partial charge in [0.15, 0.2) is 0 Å². The molecule has 0 fully saturated rings. The summed E-state index contributed by atoms with van der Waals surface area (Å²) in [5, 5.41) is 0. The Morgan fingerprint density at radius 3 is 1.55 bits per heavy atom. The van der Waals surface area contributed by atoms with E-state index < -0.39 is 0 Å². The first kappa shape index (κ1) is 19.3. The van der Waals surface area contributed by atoms with Crippen molar-refractivity contribution in [3.05, 3.63) is 142 Å². The molecule has 0 saturated carbocycles. The number of hydrogen-bond acceptors (Lipinski definition) is 0. The van der Waals surface area contributed by atoms with Crippen LogP contribution < -0.4 is 0 Å². The molecule has 0 aliphatic carbocycles. The summed E-state index contributed by atoms with van der Waals surface area (Å²) in [5.41, 5.74) is 9.92. The third-order valence-corrected chi connectivity index (χ3v) is 6.06. The number of benzene rings is 2. The molecular formula is C28H27N3. The Morgan fingerprint density at radius 2 is 1.03 bits per heavy atom. The number of H-pyrrole nitrogens is 3. The quantitative estimate of drug-likeness (QED) is 0.283. The minimum Gasteiger partial charge on any atom is -0.364 e. The topological polar surface area (TPSA) is 47.4 Å². The molecule has 2 aromatic carbocycles. The van der Waals surface area contributed by atoms with Crippen LogP contribution in [0.3, 0.4) is 0 Å². The van der Waals surface area contributed by atoms with E-state index in [0.29, 0.717) is 0 Å². The molecule has 3 heterocycles. The first-order valence-corrected chi connectivity index (χ1v) is 10.8. The van der Waals surface area contributed by atoms with Crippen LogP contribution in [0.25, 0.3) is 0 Å². The van der Waals surface area contributed by atoms with E-state index in [0.717, 1.165) is 0 Å². The molecule has 0 saturated heterocycles. The summed E-state index contributed by atoms with van der Waals surface area (Å²) in [6.07, 6.45) is 6.15. The van der Waals surface area contributed by atoms with Crippen LogP contribution in [-0.2, 0) is 0 Å². The van der Waals surface area contributed by atoms with Gasteiger partial charge in [-0.05, 0) is 60.9 Å². The van der Waals surface area contributed by atoms with E-state index in [4.69, 9.17) is 0 Å². The van der Waals surface area contributed by atoms with Crippen LogP contribution >= 0.6 is 0 Å². The molecule has 0 amide bonds. The smallest absolute Gasteiger partial charge is 0.0641 e. The van der Waals surface area contributed by atoms with Crippen molar-refractivity contribution in [2.24, 2.45) is 0 Å². The van der Waals surface area contributed by atoms with Gasteiger partial charge in [-0.2, -0.15) is 0 Å². The molecular weight excluding hydrogens is 378 g/mol. The van der Waals surface area contributed by atoms with Crippen LogP contribution in [0.15, 0.2) is 97.5 Å². The number of rotatable bonds is 6.